The van der Waals surface area contributed by atoms with Gasteiger partial charge in [0.15, 0.2) is 0 Å². The summed E-state index contributed by atoms with van der Waals surface area (Å²) in [5.41, 5.74) is 0. The summed E-state index contributed by atoms with van der Waals surface area (Å²) in [6.45, 7) is 0. The topological polar surface area (TPSA) is 24.9 Å². The van der Waals surface area contributed by atoms with E-state index in [0.29, 0.717) is 0 Å². The first kappa shape index (κ1) is 9.67. The van der Waals surface area contributed by atoms with Gasteiger partial charge in [0.2, 0.25) is 0 Å². The van der Waals surface area contributed by atoms with Crippen molar-refractivity contribution < 1.29 is 0 Å². The predicted molar refractivity (Wildman–Crippen MR) is 63.1 cm³/mol. The lowest BCUT2D eigenvalue weighted by Gasteiger charge is -2.28. The fourth-order valence-corrected chi connectivity index (χ4v) is 3.97. The van der Waals surface area contributed by atoms with Gasteiger partial charge < -0.3 is 5.32 Å². The van der Waals surface area contributed by atoms with Crippen LogP contribution in [0.4, 0.5) is 0 Å². The third-order valence-corrected chi connectivity index (χ3v) is 4.56. The Morgan fingerprint density at radius 1 is 1.20 bits per heavy atom. The molecule has 1 aromatic heterocycles. The molecule has 0 radical (unpaired) electrons. The van der Waals surface area contributed by atoms with Gasteiger partial charge in [-0.05, 0) is 37.8 Å². The van der Waals surface area contributed by atoms with Crippen molar-refractivity contribution in [2.45, 2.75) is 48.0 Å². The number of hydrogen-bond acceptors (Lipinski definition) is 3. The van der Waals surface area contributed by atoms with Gasteiger partial charge in [-0.1, -0.05) is 6.07 Å². The van der Waals surface area contributed by atoms with E-state index in [1.807, 2.05) is 24.0 Å². The van der Waals surface area contributed by atoms with Crippen molar-refractivity contribution in [1.29, 1.82) is 0 Å². The summed E-state index contributed by atoms with van der Waals surface area (Å²) in [7, 11) is 0. The van der Waals surface area contributed by atoms with Crippen molar-refractivity contribution in [2.75, 3.05) is 0 Å². The maximum Gasteiger partial charge on any atom is 0.0962 e. The molecule has 1 N–H and O–H groups in total. The van der Waals surface area contributed by atoms with Gasteiger partial charge in [-0.3, -0.25) is 0 Å². The molecule has 2 atom stereocenters. The number of hydrogen-bond donors (Lipinski definition) is 1. The Bertz CT molecular complexity index is 316. The van der Waals surface area contributed by atoms with Crippen molar-refractivity contribution >= 4 is 11.8 Å². The van der Waals surface area contributed by atoms with Crippen LogP contribution in [0.5, 0.6) is 0 Å². The molecule has 2 saturated heterocycles. The van der Waals surface area contributed by atoms with Crippen LogP contribution in [0.15, 0.2) is 29.4 Å². The lowest BCUT2D eigenvalue weighted by Crippen LogP contribution is -2.39. The number of nitrogens with one attached hydrogen (secondary N) is 1. The van der Waals surface area contributed by atoms with Gasteiger partial charge in [0.05, 0.1) is 5.03 Å². The number of piperidine rings is 1. The Kier molecular flexibility index (Phi) is 2.67. The van der Waals surface area contributed by atoms with Crippen LogP contribution in [-0.4, -0.2) is 22.3 Å². The molecule has 0 unspecified atom stereocenters. The SMILES string of the molecule is c1ccc(SC2C[C@@H]3CC[C@@H](C2)N3)nc1. The molecule has 15 heavy (non-hydrogen) atoms. The molecule has 3 heteroatoms. The summed E-state index contributed by atoms with van der Waals surface area (Å²) in [6.07, 6.45) is 7.28. The molecule has 2 aliphatic rings. The van der Waals surface area contributed by atoms with E-state index in [-0.39, 0.29) is 0 Å². The molecule has 3 rings (SSSR count). The molecule has 2 bridgehead atoms. The van der Waals surface area contributed by atoms with Gasteiger partial charge >= 0.3 is 0 Å². The summed E-state index contributed by atoms with van der Waals surface area (Å²) in [5, 5.41) is 5.63. The molecule has 2 nitrogen and oxygen atoms in total. The Balaban J connectivity index is 1.65. The monoisotopic (exact) mass is 220 g/mol. The summed E-state index contributed by atoms with van der Waals surface area (Å²) in [5.74, 6) is 0. The minimum Gasteiger partial charge on any atom is -0.311 e. The van der Waals surface area contributed by atoms with E-state index in [4.69, 9.17) is 0 Å². The number of thioether (sulfide) groups is 1. The van der Waals surface area contributed by atoms with E-state index in [1.54, 1.807) is 0 Å². The van der Waals surface area contributed by atoms with Crippen molar-refractivity contribution in [3.8, 4) is 0 Å². The Morgan fingerprint density at radius 2 is 2.00 bits per heavy atom. The smallest absolute Gasteiger partial charge is 0.0962 e. The van der Waals surface area contributed by atoms with E-state index >= 15 is 0 Å². The third kappa shape index (κ3) is 2.18. The predicted octanol–water partition coefficient (Wildman–Crippen LogP) is 2.46. The second-order valence-corrected chi connectivity index (χ2v) is 5.84. The van der Waals surface area contributed by atoms with E-state index in [0.717, 1.165) is 17.3 Å². The number of aromatic nitrogens is 1. The summed E-state index contributed by atoms with van der Waals surface area (Å²) >= 11 is 1.96. The van der Waals surface area contributed by atoms with Crippen LogP contribution < -0.4 is 5.32 Å². The molecule has 0 amide bonds. The first-order valence-corrected chi connectivity index (χ1v) is 6.62. The maximum absolute atomic E-state index is 4.39. The Hall–Kier alpha value is -0.540. The minimum absolute atomic E-state index is 0.777. The Morgan fingerprint density at radius 3 is 2.67 bits per heavy atom. The largest absolute Gasteiger partial charge is 0.311 e. The van der Waals surface area contributed by atoms with Crippen molar-refractivity contribution in [3.05, 3.63) is 24.4 Å². The summed E-state index contributed by atoms with van der Waals surface area (Å²) in [4.78, 5) is 4.39. The fourth-order valence-electron chi connectivity index (χ4n) is 2.69. The lowest BCUT2D eigenvalue weighted by molar-refractivity contribution is 0.414. The highest BCUT2D eigenvalue weighted by molar-refractivity contribution is 7.99. The molecule has 0 aromatic carbocycles. The highest BCUT2D eigenvalue weighted by atomic mass is 32.2. The molecule has 2 fully saturated rings. The molecule has 2 aliphatic heterocycles. The van der Waals surface area contributed by atoms with E-state index < -0.39 is 0 Å². The third-order valence-electron chi connectivity index (χ3n) is 3.35. The van der Waals surface area contributed by atoms with Crippen LogP contribution in [0, 0.1) is 0 Å². The van der Waals surface area contributed by atoms with Crippen molar-refractivity contribution in [1.82, 2.24) is 10.3 Å². The summed E-state index contributed by atoms with van der Waals surface area (Å²) in [6, 6.07) is 7.74. The van der Waals surface area contributed by atoms with Crippen molar-refractivity contribution in [2.24, 2.45) is 0 Å². The highest BCUT2D eigenvalue weighted by Crippen LogP contribution is 2.36. The van der Waals surface area contributed by atoms with Gasteiger partial charge in [0.25, 0.3) is 0 Å². The zero-order valence-corrected chi connectivity index (χ0v) is 9.54. The van der Waals surface area contributed by atoms with E-state index in [2.05, 4.69) is 22.4 Å². The molecule has 0 spiro atoms. The molecule has 0 saturated carbocycles. The van der Waals surface area contributed by atoms with Crippen LogP contribution in [0.1, 0.15) is 25.7 Å². The van der Waals surface area contributed by atoms with Gasteiger partial charge in [-0.25, -0.2) is 4.98 Å². The molecule has 80 valence electrons. The van der Waals surface area contributed by atoms with Gasteiger partial charge in [0.1, 0.15) is 0 Å². The second-order valence-electron chi connectivity index (χ2n) is 4.52. The first-order valence-electron chi connectivity index (χ1n) is 5.74. The first-order chi connectivity index (χ1) is 7.40. The zero-order chi connectivity index (χ0) is 10.1. The molecule has 0 aliphatic carbocycles. The lowest BCUT2D eigenvalue weighted by atomic mass is 10.1. The summed E-state index contributed by atoms with van der Waals surface area (Å²) < 4.78 is 0. The average molecular weight is 220 g/mol. The van der Waals surface area contributed by atoms with E-state index in [1.165, 1.54) is 30.7 Å². The molecule has 1 aromatic rings. The van der Waals surface area contributed by atoms with Crippen LogP contribution in [-0.2, 0) is 0 Å². The standard InChI is InChI=1S/C12H16N2S/c1-2-6-13-12(3-1)15-11-7-9-4-5-10(8-11)14-9/h1-3,6,9-11,14H,4-5,7-8H2/t9-,10-/m0/s1. The normalized spacial score (nSPS) is 34.3. The van der Waals surface area contributed by atoms with Gasteiger partial charge in [-0.2, -0.15) is 0 Å². The highest BCUT2D eigenvalue weighted by Gasteiger charge is 2.33. The number of nitrogens with zero attached hydrogens (tertiary/aromatic N) is 1. The van der Waals surface area contributed by atoms with Crippen LogP contribution in [0.2, 0.25) is 0 Å². The van der Waals surface area contributed by atoms with E-state index in [9.17, 15) is 0 Å². The second kappa shape index (κ2) is 4.14. The molecule has 3 heterocycles. The number of pyridine rings is 1. The molecular weight excluding hydrogens is 204 g/mol. The van der Waals surface area contributed by atoms with Crippen LogP contribution >= 0.6 is 11.8 Å². The average Bonchev–Trinajstić information content (AvgIpc) is 2.60. The molecular formula is C12H16N2S. The Labute approximate surface area is 94.9 Å². The quantitative estimate of drug-likeness (QED) is 0.828. The van der Waals surface area contributed by atoms with Crippen molar-refractivity contribution in [3.63, 3.8) is 0 Å². The minimum atomic E-state index is 0.777. The maximum atomic E-state index is 4.39. The van der Waals surface area contributed by atoms with Gasteiger partial charge in [-0.15, -0.1) is 11.8 Å². The fraction of sp³-hybridized carbons (Fsp3) is 0.583. The van der Waals surface area contributed by atoms with Crippen LogP contribution in [0.3, 0.4) is 0 Å². The number of fused-ring (bicyclic) bond motifs is 2. The zero-order valence-electron chi connectivity index (χ0n) is 8.73. The number of rotatable bonds is 2. The van der Waals surface area contributed by atoms with Gasteiger partial charge in [0, 0.05) is 23.5 Å². The van der Waals surface area contributed by atoms with Crippen LogP contribution in [0.25, 0.3) is 0 Å².